The van der Waals surface area contributed by atoms with Crippen molar-refractivity contribution in [3.63, 3.8) is 0 Å². The molecule has 0 saturated carbocycles. The summed E-state index contributed by atoms with van der Waals surface area (Å²) < 4.78 is 42.9. The summed E-state index contributed by atoms with van der Waals surface area (Å²) >= 11 is 0. The second-order valence-electron chi connectivity index (χ2n) is 7.50. The van der Waals surface area contributed by atoms with Crippen LogP contribution in [0, 0.1) is 0 Å². The number of anilines is 1. The molecule has 0 aliphatic rings. The Kier molecular flexibility index (Phi) is 7.68. The number of benzene rings is 3. The highest BCUT2D eigenvalue weighted by Gasteiger charge is 2.23. The van der Waals surface area contributed by atoms with Gasteiger partial charge in [0.15, 0.2) is 11.5 Å². The predicted octanol–water partition coefficient (Wildman–Crippen LogP) is 4.03. The molecule has 3 aromatic rings. The van der Waals surface area contributed by atoms with E-state index in [0.29, 0.717) is 22.7 Å². The molecule has 0 bridgehead atoms. The van der Waals surface area contributed by atoms with Crippen LogP contribution >= 0.6 is 0 Å². The van der Waals surface area contributed by atoms with Crippen molar-refractivity contribution in [3.05, 3.63) is 77.9 Å². The number of ether oxygens (including phenoxy) is 3. The van der Waals surface area contributed by atoms with Crippen LogP contribution in [0.2, 0.25) is 0 Å². The Hall–Kier alpha value is -3.72. The minimum atomic E-state index is -3.86. The van der Waals surface area contributed by atoms with E-state index < -0.39 is 10.0 Å². The summed E-state index contributed by atoms with van der Waals surface area (Å²) in [5.41, 5.74) is 1.77. The molecule has 0 unspecified atom stereocenters. The fraction of sp³-hybridized carbons (Fsp3) is 0.240. The lowest BCUT2D eigenvalue weighted by molar-refractivity contribution is 0.0940. The van der Waals surface area contributed by atoms with Crippen LogP contribution in [0.3, 0.4) is 0 Å². The third-order valence-corrected chi connectivity index (χ3v) is 7.25. The Balaban J connectivity index is 1.74. The maximum absolute atomic E-state index is 13.1. The number of sulfonamides is 1. The van der Waals surface area contributed by atoms with Crippen molar-refractivity contribution in [2.45, 2.75) is 17.9 Å². The predicted molar refractivity (Wildman–Crippen MR) is 130 cm³/mol. The van der Waals surface area contributed by atoms with Gasteiger partial charge in [-0.15, -0.1) is 0 Å². The largest absolute Gasteiger partial charge is 0.497 e. The van der Waals surface area contributed by atoms with Crippen LogP contribution in [-0.4, -0.2) is 42.7 Å². The van der Waals surface area contributed by atoms with Crippen LogP contribution in [0.1, 0.15) is 28.9 Å². The molecule has 0 aliphatic carbocycles. The molecule has 0 fully saturated rings. The van der Waals surface area contributed by atoms with E-state index in [1.165, 1.54) is 39.5 Å². The lowest BCUT2D eigenvalue weighted by atomic mass is 10.1. The first-order chi connectivity index (χ1) is 16.2. The van der Waals surface area contributed by atoms with Gasteiger partial charge in [0.1, 0.15) is 5.75 Å². The van der Waals surface area contributed by atoms with Gasteiger partial charge in [0.05, 0.1) is 38.0 Å². The standard InChI is InChI=1S/C25H28N2O6S/c1-17(18-8-12-21(31-3)13-9-18)26-25(28)19-6-10-20(11-7-19)27(2)34(29,30)22-14-15-23(32-4)24(16-22)33-5/h6-17H,1-5H3,(H,26,28)/t17-/m0/s1. The molecule has 0 aliphatic heterocycles. The molecule has 1 atom stereocenters. The van der Waals surface area contributed by atoms with Gasteiger partial charge in [-0.25, -0.2) is 8.42 Å². The first-order valence-corrected chi connectivity index (χ1v) is 11.9. The monoisotopic (exact) mass is 484 g/mol. The summed E-state index contributed by atoms with van der Waals surface area (Å²) in [6, 6.07) is 18.0. The van der Waals surface area contributed by atoms with Crippen molar-refractivity contribution in [3.8, 4) is 17.2 Å². The van der Waals surface area contributed by atoms with Crippen LogP contribution in [-0.2, 0) is 10.0 Å². The van der Waals surface area contributed by atoms with Crippen LogP contribution < -0.4 is 23.8 Å². The highest BCUT2D eigenvalue weighted by molar-refractivity contribution is 7.92. The fourth-order valence-corrected chi connectivity index (χ4v) is 4.56. The maximum Gasteiger partial charge on any atom is 0.264 e. The van der Waals surface area contributed by atoms with Gasteiger partial charge in [-0.2, -0.15) is 0 Å². The SMILES string of the molecule is COc1ccc([C@H](C)NC(=O)c2ccc(N(C)S(=O)(=O)c3ccc(OC)c(OC)c3)cc2)cc1. The third kappa shape index (κ3) is 5.26. The van der Waals surface area contributed by atoms with Crippen LogP contribution in [0.5, 0.6) is 17.2 Å². The highest BCUT2D eigenvalue weighted by Crippen LogP contribution is 2.31. The Morgan fingerprint density at radius 3 is 2.03 bits per heavy atom. The van der Waals surface area contributed by atoms with Crippen molar-refractivity contribution in [2.75, 3.05) is 32.7 Å². The number of carbonyl (C=O) groups excluding carboxylic acids is 1. The van der Waals surface area contributed by atoms with E-state index in [1.54, 1.807) is 31.4 Å². The molecule has 180 valence electrons. The first kappa shape index (κ1) is 24.9. The second-order valence-corrected chi connectivity index (χ2v) is 9.47. The zero-order chi connectivity index (χ0) is 24.9. The zero-order valence-electron chi connectivity index (χ0n) is 19.7. The Morgan fingerprint density at radius 1 is 0.853 bits per heavy atom. The molecule has 0 aromatic heterocycles. The summed E-state index contributed by atoms with van der Waals surface area (Å²) in [6.07, 6.45) is 0. The molecule has 8 nitrogen and oxygen atoms in total. The number of nitrogens with one attached hydrogen (secondary N) is 1. The van der Waals surface area contributed by atoms with Crippen molar-refractivity contribution in [1.82, 2.24) is 5.32 Å². The van der Waals surface area contributed by atoms with Gasteiger partial charge >= 0.3 is 0 Å². The molecular weight excluding hydrogens is 456 g/mol. The lowest BCUT2D eigenvalue weighted by Gasteiger charge is -2.21. The molecule has 3 rings (SSSR count). The molecule has 0 heterocycles. The zero-order valence-corrected chi connectivity index (χ0v) is 20.5. The molecule has 0 radical (unpaired) electrons. The number of amides is 1. The Labute approximate surface area is 200 Å². The fourth-order valence-electron chi connectivity index (χ4n) is 3.35. The molecule has 34 heavy (non-hydrogen) atoms. The van der Waals surface area contributed by atoms with E-state index in [4.69, 9.17) is 14.2 Å². The van der Waals surface area contributed by atoms with Crippen molar-refractivity contribution >= 4 is 21.6 Å². The van der Waals surface area contributed by atoms with Crippen molar-refractivity contribution < 1.29 is 27.4 Å². The number of rotatable bonds is 9. The van der Waals surface area contributed by atoms with Gasteiger partial charge in [-0.1, -0.05) is 12.1 Å². The highest BCUT2D eigenvalue weighted by atomic mass is 32.2. The van der Waals surface area contributed by atoms with Crippen LogP contribution in [0.15, 0.2) is 71.6 Å². The number of carbonyl (C=O) groups is 1. The number of nitrogens with zero attached hydrogens (tertiary/aromatic N) is 1. The quantitative estimate of drug-likeness (QED) is 0.493. The van der Waals surface area contributed by atoms with Crippen molar-refractivity contribution in [2.24, 2.45) is 0 Å². The molecule has 1 N–H and O–H groups in total. The average Bonchev–Trinajstić information content (AvgIpc) is 2.87. The number of hydrogen-bond donors (Lipinski definition) is 1. The Morgan fingerprint density at radius 2 is 1.47 bits per heavy atom. The number of hydrogen-bond acceptors (Lipinski definition) is 6. The van der Waals surface area contributed by atoms with E-state index in [0.717, 1.165) is 15.6 Å². The normalized spacial score (nSPS) is 11.9. The minimum Gasteiger partial charge on any atom is -0.497 e. The molecular formula is C25H28N2O6S. The first-order valence-electron chi connectivity index (χ1n) is 10.5. The van der Waals surface area contributed by atoms with Gasteiger partial charge in [-0.3, -0.25) is 9.10 Å². The topological polar surface area (TPSA) is 94.2 Å². The molecule has 0 spiro atoms. The lowest BCUT2D eigenvalue weighted by Crippen LogP contribution is -2.28. The van der Waals surface area contributed by atoms with E-state index in [-0.39, 0.29) is 16.8 Å². The van der Waals surface area contributed by atoms with Crippen molar-refractivity contribution in [1.29, 1.82) is 0 Å². The van der Waals surface area contributed by atoms with E-state index in [9.17, 15) is 13.2 Å². The summed E-state index contributed by atoms with van der Waals surface area (Å²) in [5, 5.41) is 2.94. The minimum absolute atomic E-state index is 0.0581. The molecule has 9 heteroatoms. The summed E-state index contributed by atoms with van der Waals surface area (Å²) in [4.78, 5) is 12.7. The third-order valence-electron chi connectivity index (χ3n) is 5.47. The van der Waals surface area contributed by atoms with Gasteiger partial charge < -0.3 is 19.5 Å². The molecule has 1 amide bonds. The smallest absolute Gasteiger partial charge is 0.264 e. The van der Waals surface area contributed by atoms with E-state index >= 15 is 0 Å². The van der Waals surface area contributed by atoms with E-state index in [2.05, 4.69) is 5.32 Å². The van der Waals surface area contributed by atoms with Gasteiger partial charge in [-0.05, 0) is 61.0 Å². The average molecular weight is 485 g/mol. The summed E-state index contributed by atoms with van der Waals surface area (Å²) in [5.74, 6) is 1.23. The maximum atomic E-state index is 13.1. The van der Waals surface area contributed by atoms with E-state index in [1.807, 2.05) is 31.2 Å². The number of methoxy groups -OCH3 is 3. The van der Waals surface area contributed by atoms with Gasteiger partial charge in [0.2, 0.25) is 0 Å². The van der Waals surface area contributed by atoms with Crippen LogP contribution in [0.25, 0.3) is 0 Å². The van der Waals surface area contributed by atoms with Gasteiger partial charge in [0.25, 0.3) is 15.9 Å². The molecule has 3 aromatic carbocycles. The summed E-state index contributed by atoms with van der Waals surface area (Å²) in [7, 11) is 2.11. The van der Waals surface area contributed by atoms with Crippen LogP contribution in [0.4, 0.5) is 5.69 Å². The Bertz CT molecular complexity index is 1240. The molecule has 0 saturated heterocycles. The summed E-state index contributed by atoms with van der Waals surface area (Å²) in [6.45, 7) is 1.89. The second kappa shape index (κ2) is 10.5. The van der Waals surface area contributed by atoms with Gasteiger partial charge in [0, 0.05) is 18.7 Å².